The maximum atomic E-state index is 13.3. The number of pyridine rings is 1. The van der Waals surface area contributed by atoms with Crippen molar-refractivity contribution in [2.75, 3.05) is 13.1 Å². The molecule has 2 heterocycles. The molecule has 2 unspecified atom stereocenters. The number of nitrogens with zero attached hydrogens (tertiary/aromatic N) is 2. The van der Waals surface area contributed by atoms with E-state index in [2.05, 4.69) is 10.3 Å². The number of carbonyl (C=O) groups is 2. The van der Waals surface area contributed by atoms with E-state index in [1.165, 1.54) is 29.2 Å². The zero-order valence-electron chi connectivity index (χ0n) is 18.2. The highest BCUT2D eigenvalue weighted by atomic mass is 35.5. The summed E-state index contributed by atoms with van der Waals surface area (Å²) in [6.45, 7) is 0.289. The fourth-order valence-electron chi connectivity index (χ4n) is 4.17. The molecule has 3 aromatic rings. The first kappa shape index (κ1) is 25.0. The number of alkyl halides is 3. The van der Waals surface area contributed by atoms with Crippen molar-refractivity contribution in [3.63, 3.8) is 0 Å². The van der Waals surface area contributed by atoms with Gasteiger partial charge in [0.1, 0.15) is 0 Å². The van der Waals surface area contributed by atoms with Crippen LogP contribution in [-0.4, -0.2) is 34.8 Å². The van der Waals surface area contributed by atoms with E-state index in [-0.39, 0.29) is 36.1 Å². The normalized spacial score (nSPS) is 17.9. The van der Waals surface area contributed by atoms with Crippen LogP contribution in [0.15, 0.2) is 67.0 Å². The van der Waals surface area contributed by atoms with Crippen molar-refractivity contribution in [1.82, 2.24) is 15.2 Å². The monoisotopic (exact) mass is 521 g/mol. The molecule has 0 aliphatic carbocycles. The van der Waals surface area contributed by atoms with E-state index in [1.807, 2.05) is 0 Å². The van der Waals surface area contributed by atoms with Crippen LogP contribution in [0.25, 0.3) is 0 Å². The second-order valence-electron chi connectivity index (χ2n) is 8.25. The van der Waals surface area contributed by atoms with E-state index < -0.39 is 29.5 Å². The lowest BCUT2D eigenvalue weighted by atomic mass is 9.87. The molecule has 2 aromatic carbocycles. The van der Waals surface area contributed by atoms with Crippen LogP contribution in [0.5, 0.6) is 0 Å². The molecule has 2 atom stereocenters. The molecule has 1 fully saturated rings. The molecular formula is C25H20Cl2F3N3O2. The SMILES string of the molecule is O=C(NCc1cccnc1)C1CN(C(=O)c2ccc(Cl)cc2Cl)CC1c1cccc(C(F)(F)F)c1. The average molecular weight is 522 g/mol. The molecule has 0 spiro atoms. The van der Waals surface area contributed by atoms with Crippen LogP contribution in [-0.2, 0) is 17.5 Å². The minimum absolute atomic E-state index is 0.0254. The molecule has 1 aliphatic rings. The van der Waals surface area contributed by atoms with Crippen molar-refractivity contribution in [2.24, 2.45) is 5.92 Å². The van der Waals surface area contributed by atoms with E-state index in [0.29, 0.717) is 10.6 Å². The van der Waals surface area contributed by atoms with Gasteiger partial charge in [-0.2, -0.15) is 13.2 Å². The molecule has 1 saturated heterocycles. The number of likely N-dealkylation sites (tertiary alicyclic amines) is 1. The molecule has 1 N–H and O–H groups in total. The third kappa shape index (κ3) is 5.77. The van der Waals surface area contributed by atoms with Crippen molar-refractivity contribution >= 4 is 35.0 Å². The number of rotatable bonds is 5. The van der Waals surface area contributed by atoms with Gasteiger partial charge in [0.2, 0.25) is 5.91 Å². The fourth-order valence-corrected chi connectivity index (χ4v) is 4.66. The van der Waals surface area contributed by atoms with Crippen molar-refractivity contribution in [3.05, 3.63) is 99.3 Å². The van der Waals surface area contributed by atoms with Gasteiger partial charge in [0.15, 0.2) is 0 Å². The number of nitrogens with one attached hydrogen (secondary N) is 1. The number of hydrogen-bond donors (Lipinski definition) is 1. The second kappa shape index (κ2) is 10.3. The van der Waals surface area contributed by atoms with Gasteiger partial charge in [-0.1, -0.05) is 47.5 Å². The number of hydrogen-bond acceptors (Lipinski definition) is 3. The lowest BCUT2D eigenvalue weighted by Crippen LogP contribution is -2.35. The van der Waals surface area contributed by atoms with Crippen LogP contribution in [0.2, 0.25) is 10.0 Å². The molecular weight excluding hydrogens is 502 g/mol. The van der Waals surface area contributed by atoms with E-state index in [4.69, 9.17) is 23.2 Å². The molecule has 182 valence electrons. The van der Waals surface area contributed by atoms with Crippen LogP contribution in [0.1, 0.15) is 33.0 Å². The Morgan fingerprint density at radius 2 is 1.86 bits per heavy atom. The smallest absolute Gasteiger partial charge is 0.352 e. The minimum atomic E-state index is -4.53. The molecule has 1 aromatic heterocycles. The van der Waals surface area contributed by atoms with E-state index >= 15 is 0 Å². The summed E-state index contributed by atoms with van der Waals surface area (Å²) in [6, 6.07) is 12.9. The topological polar surface area (TPSA) is 62.3 Å². The Labute approximate surface area is 209 Å². The molecule has 35 heavy (non-hydrogen) atoms. The van der Waals surface area contributed by atoms with Crippen molar-refractivity contribution in [3.8, 4) is 0 Å². The van der Waals surface area contributed by atoms with Gasteiger partial charge < -0.3 is 10.2 Å². The molecule has 0 saturated carbocycles. The first-order valence-electron chi connectivity index (χ1n) is 10.7. The van der Waals surface area contributed by atoms with Gasteiger partial charge in [0.25, 0.3) is 5.91 Å². The quantitative estimate of drug-likeness (QED) is 0.476. The molecule has 2 amide bonds. The summed E-state index contributed by atoms with van der Waals surface area (Å²) in [5.74, 6) is -2.19. The van der Waals surface area contributed by atoms with Crippen LogP contribution >= 0.6 is 23.2 Å². The largest absolute Gasteiger partial charge is 0.416 e. The Morgan fingerprint density at radius 3 is 2.54 bits per heavy atom. The average Bonchev–Trinajstić information content (AvgIpc) is 3.28. The number of carbonyl (C=O) groups excluding carboxylic acids is 2. The van der Waals surface area contributed by atoms with Crippen molar-refractivity contribution < 1.29 is 22.8 Å². The second-order valence-corrected chi connectivity index (χ2v) is 9.09. The summed E-state index contributed by atoms with van der Waals surface area (Å²) in [5.41, 5.74) is 0.500. The van der Waals surface area contributed by atoms with Crippen LogP contribution in [0.3, 0.4) is 0 Å². The van der Waals surface area contributed by atoms with Crippen molar-refractivity contribution in [1.29, 1.82) is 0 Å². The van der Waals surface area contributed by atoms with Gasteiger partial charge in [-0.25, -0.2) is 0 Å². The molecule has 4 rings (SSSR count). The fraction of sp³-hybridized carbons (Fsp3) is 0.240. The lowest BCUT2D eigenvalue weighted by molar-refractivity contribution is -0.137. The van der Waals surface area contributed by atoms with Crippen molar-refractivity contribution in [2.45, 2.75) is 18.6 Å². The standard InChI is InChI=1S/C25H20Cl2F3N3O2/c26-18-6-7-19(22(27)10-18)24(35)33-13-20(16-4-1-5-17(9-16)25(28,29)30)21(14-33)23(34)32-12-15-3-2-8-31-11-15/h1-11,20-21H,12-14H2,(H,32,34). The Kier molecular flexibility index (Phi) is 7.33. The summed E-state index contributed by atoms with van der Waals surface area (Å²) >= 11 is 12.1. The van der Waals surface area contributed by atoms with Crippen LogP contribution < -0.4 is 5.32 Å². The predicted molar refractivity (Wildman–Crippen MR) is 126 cm³/mol. The first-order valence-corrected chi connectivity index (χ1v) is 11.5. The number of aromatic nitrogens is 1. The van der Waals surface area contributed by atoms with Crippen LogP contribution in [0, 0.1) is 5.92 Å². The summed E-state index contributed by atoms with van der Waals surface area (Å²) < 4.78 is 40.0. The zero-order valence-corrected chi connectivity index (χ0v) is 19.7. The minimum Gasteiger partial charge on any atom is -0.352 e. The number of amides is 2. The summed E-state index contributed by atoms with van der Waals surface area (Å²) in [5, 5.41) is 3.34. The maximum absolute atomic E-state index is 13.3. The summed E-state index contributed by atoms with van der Waals surface area (Å²) in [6.07, 6.45) is -1.31. The third-order valence-electron chi connectivity index (χ3n) is 5.94. The van der Waals surface area contributed by atoms with Gasteiger partial charge in [-0.3, -0.25) is 14.6 Å². The molecule has 10 heteroatoms. The highest BCUT2D eigenvalue weighted by molar-refractivity contribution is 6.36. The van der Waals surface area contributed by atoms with Gasteiger partial charge >= 0.3 is 6.18 Å². The summed E-state index contributed by atoms with van der Waals surface area (Å²) in [4.78, 5) is 31.8. The third-order valence-corrected chi connectivity index (χ3v) is 6.48. The lowest BCUT2D eigenvalue weighted by Gasteiger charge is -2.19. The van der Waals surface area contributed by atoms with E-state index in [9.17, 15) is 22.8 Å². The number of benzene rings is 2. The highest BCUT2D eigenvalue weighted by Crippen LogP contribution is 2.37. The Bertz CT molecular complexity index is 1240. The Morgan fingerprint density at radius 1 is 1.06 bits per heavy atom. The van der Waals surface area contributed by atoms with Gasteiger partial charge in [0, 0.05) is 43.0 Å². The first-order chi connectivity index (χ1) is 16.6. The van der Waals surface area contributed by atoms with Crippen LogP contribution in [0.4, 0.5) is 13.2 Å². The zero-order chi connectivity index (χ0) is 25.2. The number of halogens is 5. The molecule has 0 radical (unpaired) electrons. The predicted octanol–water partition coefficient (Wildman–Crippen LogP) is 5.58. The van der Waals surface area contributed by atoms with Gasteiger partial charge in [-0.15, -0.1) is 0 Å². The molecule has 1 aliphatic heterocycles. The molecule has 5 nitrogen and oxygen atoms in total. The van der Waals surface area contributed by atoms with E-state index in [1.54, 1.807) is 30.6 Å². The Balaban J connectivity index is 1.62. The maximum Gasteiger partial charge on any atom is 0.416 e. The highest BCUT2D eigenvalue weighted by Gasteiger charge is 2.41. The van der Waals surface area contributed by atoms with Gasteiger partial charge in [-0.05, 0) is 41.5 Å². The molecule has 0 bridgehead atoms. The van der Waals surface area contributed by atoms with E-state index in [0.717, 1.165) is 17.7 Å². The summed E-state index contributed by atoms with van der Waals surface area (Å²) in [7, 11) is 0. The Hall–Kier alpha value is -3.10. The van der Waals surface area contributed by atoms with Gasteiger partial charge in [0.05, 0.1) is 22.1 Å².